The molecule has 2 rings (SSSR count). The van der Waals surface area contributed by atoms with Gasteiger partial charge in [0, 0.05) is 6.20 Å². The first-order valence-corrected chi connectivity index (χ1v) is 5.50. The molecule has 2 aromatic rings. The van der Waals surface area contributed by atoms with Crippen molar-refractivity contribution in [2.24, 2.45) is 0 Å². The highest BCUT2D eigenvalue weighted by molar-refractivity contribution is 7.89. The highest BCUT2D eigenvalue weighted by atomic mass is 32.2. The van der Waals surface area contributed by atoms with Crippen molar-refractivity contribution in [2.45, 2.75) is 5.03 Å². The Bertz CT molecular complexity index is 604. The number of sulfonamides is 1. The van der Waals surface area contributed by atoms with E-state index in [1.807, 2.05) is 0 Å². The third-order valence-electron chi connectivity index (χ3n) is 1.95. The maximum Gasteiger partial charge on any atom is 0.259 e. The van der Waals surface area contributed by atoms with Crippen LogP contribution in [-0.2, 0) is 10.0 Å². The molecule has 0 radical (unpaired) electrons. The van der Waals surface area contributed by atoms with Gasteiger partial charge in [0.15, 0.2) is 5.03 Å². The van der Waals surface area contributed by atoms with Gasteiger partial charge in [-0.3, -0.25) is 5.10 Å². The second-order valence-corrected chi connectivity index (χ2v) is 4.60. The molecule has 0 spiro atoms. The van der Waals surface area contributed by atoms with E-state index in [4.69, 9.17) is 0 Å². The van der Waals surface area contributed by atoms with Crippen molar-refractivity contribution in [1.82, 2.24) is 19.9 Å². The van der Waals surface area contributed by atoms with Crippen LogP contribution in [0.15, 0.2) is 17.3 Å². The van der Waals surface area contributed by atoms with Gasteiger partial charge in [-0.2, -0.15) is 0 Å². The number of aromatic hydroxyl groups is 1. The fourth-order valence-corrected chi connectivity index (χ4v) is 2.02. The minimum atomic E-state index is -3.65. The lowest BCUT2D eigenvalue weighted by Gasteiger charge is -2.01. The number of fused-ring (bicyclic) bond motifs is 1. The fraction of sp³-hybridized carbons (Fsp3) is 0.143. The third-order valence-corrected chi connectivity index (χ3v) is 3.31. The van der Waals surface area contributed by atoms with Crippen molar-refractivity contribution in [3.63, 3.8) is 0 Å². The summed E-state index contributed by atoms with van der Waals surface area (Å²) in [4.78, 5) is 3.73. The van der Waals surface area contributed by atoms with Crippen molar-refractivity contribution in [1.29, 1.82) is 0 Å². The van der Waals surface area contributed by atoms with E-state index in [-0.39, 0.29) is 16.4 Å². The Morgan fingerprint density at radius 3 is 2.93 bits per heavy atom. The molecule has 0 bridgehead atoms. The van der Waals surface area contributed by atoms with E-state index < -0.39 is 10.0 Å². The first kappa shape index (κ1) is 9.87. The monoisotopic (exact) mass is 228 g/mol. The molecule has 0 aliphatic rings. The zero-order valence-electron chi connectivity index (χ0n) is 7.72. The zero-order chi connectivity index (χ0) is 11.1. The van der Waals surface area contributed by atoms with E-state index in [1.165, 1.54) is 19.3 Å². The van der Waals surface area contributed by atoms with Gasteiger partial charge in [-0.1, -0.05) is 0 Å². The Hall–Kier alpha value is -1.67. The number of H-pyrrole nitrogens is 1. The van der Waals surface area contributed by atoms with Crippen molar-refractivity contribution in [3.05, 3.63) is 12.3 Å². The molecular weight excluding hydrogens is 220 g/mol. The molecule has 0 aliphatic carbocycles. The number of aromatic amines is 1. The van der Waals surface area contributed by atoms with E-state index in [0.717, 1.165) is 0 Å². The Kier molecular flexibility index (Phi) is 2.09. The predicted molar refractivity (Wildman–Crippen MR) is 51.8 cm³/mol. The third kappa shape index (κ3) is 1.43. The summed E-state index contributed by atoms with van der Waals surface area (Å²) in [6.07, 6.45) is 1.29. The number of nitrogens with one attached hydrogen (secondary N) is 2. The van der Waals surface area contributed by atoms with Gasteiger partial charge in [0.2, 0.25) is 5.88 Å². The number of hydrogen-bond donors (Lipinski definition) is 3. The Morgan fingerprint density at radius 2 is 2.27 bits per heavy atom. The molecule has 0 saturated heterocycles. The lowest BCUT2D eigenvalue weighted by Crippen LogP contribution is -2.20. The highest BCUT2D eigenvalue weighted by Crippen LogP contribution is 2.24. The molecule has 0 atom stereocenters. The van der Waals surface area contributed by atoms with Crippen LogP contribution in [0.5, 0.6) is 5.88 Å². The van der Waals surface area contributed by atoms with Gasteiger partial charge in [0.1, 0.15) is 5.52 Å². The minimum Gasteiger partial charge on any atom is -0.492 e. The van der Waals surface area contributed by atoms with Gasteiger partial charge in [0.25, 0.3) is 10.0 Å². The normalized spacial score (nSPS) is 12.1. The fourth-order valence-electron chi connectivity index (χ4n) is 1.21. The van der Waals surface area contributed by atoms with E-state index in [2.05, 4.69) is 19.9 Å². The molecule has 3 N–H and O–H groups in total. The summed E-state index contributed by atoms with van der Waals surface area (Å²) < 4.78 is 25.2. The summed E-state index contributed by atoms with van der Waals surface area (Å²) in [5.74, 6) is -0.250. The van der Waals surface area contributed by atoms with Crippen LogP contribution in [0.3, 0.4) is 0 Å². The Morgan fingerprint density at radius 1 is 1.53 bits per heavy atom. The average molecular weight is 228 g/mol. The lowest BCUT2D eigenvalue weighted by atomic mass is 10.3. The summed E-state index contributed by atoms with van der Waals surface area (Å²) in [5, 5.41) is 15.3. The van der Waals surface area contributed by atoms with Gasteiger partial charge in [-0.25, -0.2) is 18.1 Å². The van der Waals surface area contributed by atoms with Crippen LogP contribution in [0.25, 0.3) is 10.9 Å². The van der Waals surface area contributed by atoms with Gasteiger partial charge in [0.05, 0.1) is 5.39 Å². The van der Waals surface area contributed by atoms with Crippen LogP contribution >= 0.6 is 0 Å². The number of rotatable bonds is 2. The predicted octanol–water partition coefficient (Wildman–Crippen LogP) is -0.428. The molecule has 0 amide bonds. The van der Waals surface area contributed by atoms with E-state index in [9.17, 15) is 13.5 Å². The molecule has 0 aliphatic heterocycles. The summed E-state index contributed by atoms with van der Waals surface area (Å²) in [6.45, 7) is 0. The van der Waals surface area contributed by atoms with Gasteiger partial charge in [-0.15, -0.1) is 5.10 Å². The maximum absolute atomic E-state index is 11.5. The van der Waals surface area contributed by atoms with Crippen LogP contribution in [0.1, 0.15) is 0 Å². The van der Waals surface area contributed by atoms with Gasteiger partial charge >= 0.3 is 0 Å². The molecule has 0 saturated carbocycles. The summed E-state index contributed by atoms with van der Waals surface area (Å²) >= 11 is 0. The second kappa shape index (κ2) is 3.17. The average Bonchev–Trinajstić information content (AvgIpc) is 2.60. The Labute approximate surface area is 85.2 Å². The first-order valence-electron chi connectivity index (χ1n) is 4.02. The van der Waals surface area contributed by atoms with Gasteiger partial charge < -0.3 is 5.11 Å². The largest absolute Gasteiger partial charge is 0.492 e. The van der Waals surface area contributed by atoms with Crippen LogP contribution in [0.4, 0.5) is 0 Å². The summed E-state index contributed by atoms with van der Waals surface area (Å²) in [5.41, 5.74) is 0.185. The standard InChI is InChI=1S/C7H8N4O3S/c1-8-15(13,14)7-5-4(2-3-9-7)6(12)11-10-5/h2-3,8H,1H3,(H2,10,11,12). The number of hydrogen-bond acceptors (Lipinski definition) is 5. The van der Waals surface area contributed by atoms with Gasteiger partial charge in [-0.05, 0) is 13.1 Å². The maximum atomic E-state index is 11.5. The van der Waals surface area contributed by atoms with E-state index in [0.29, 0.717) is 5.39 Å². The van der Waals surface area contributed by atoms with Crippen LogP contribution in [0.2, 0.25) is 0 Å². The number of aromatic nitrogens is 3. The van der Waals surface area contributed by atoms with Crippen molar-refractivity contribution in [2.75, 3.05) is 7.05 Å². The first-order chi connectivity index (χ1) is 7.06. The number of pyridine rings is 1. The van der Waals surface area contributed by atoms with Crippen molar-refractivity contribution >= 4 is 20.9 Å². The lowest BCUT2D eigenvalue weighted by molar-refractivity contribution is 0.457. The van der Waals surface area contributed by atoms with Crippen molar-refractivity contribution in [3.8, 4) is 5.88 Å². The Balaban J connectivity index is 2.83. The van der Waals surface area contributed by atoms with Crippen LogP contribution < -0.4 is 4.72 Å². The smallest absolute Gasteiger partial charge is 0.259 e. The summed E-state index contributed by atoms with van der Waals surface area (Å²) in [6, 6.07) is 1.48. The molecule has 7 nitrogen and oxygen atoms in total. The molecule has 0 aromatic carbocycles. The molecule has 2 heterocycles. The molecule has 15 heavy (non-hydrogen) atoms. The highest BCUT2D eigenvalue weighted by Gasteiger charge is 2.19. The summed E-state index contributed by atoms with van der Waals surface area (Å²) in [7, 11) is -2.37. The molecule has 8 heteroatoms. The topological polar surface area (TPSA) is 108 Å². The second-order valence-electron chi connectivity index (χ2n) is 2.79. The zero-order valence-corrected chi connectivity index (χ0v) is 8.54. The molecule has 0 unspecified atom stereocenters. The molecular formula is C7H8N4O3S. The van der Waals surface area contributed by atoms with E-state index >= 15 is 0 Å². The SMILES string of the molecule is CNS(=O)(=O)c1nccc2c(O)n[nH]c12. The number of nitrogens with zero attached hydrogens (tertiary/aromatic N) is 2. The molecule has 0 fully saturated rings. The quantitative estimate of drug-likeness (QED) is 0.646. The van der Waals surface area contributed by atoms with Crippen LogP contribution in [0, 0.1) is 0 Å². The van der Waals surface area contributed by atoms with E-state index in [1.54, 1.807) is 0 Å². The molecule has 2 aromatic heterocycles. The molecule has 80 valence electrons. The minimum absolute atomic E-state index is 0.185. The van der Waals surface area contributed by atoms with Crippen LogP contribution in [-0.4, -0.2) is 35.8 Å². The van der Waals surface area contributed by atoms with Crippen molar-refractivity contribution < 1.29 is 13.5 Å².